The lowest BCUT2D eigenvalue weighted by molar-refractivity contribution is 0.0930. The van der Waals surface area contributed by atoms with Gasteiger partial charge in [0.1, 0.15) is 5.82 Å². The van der Waals surface area contributed by atoms with Crippen LogP contribution in [0.1, 0.15) is 60.4 Å². The number of hydrogen-bond donors (Lipinski definition) is 0. The number of nitrogens with zero attached hydrogens (tertiary/aromatic N) is 1. The van der Waals surface area contributed by atoms with Gasteiger partial charge < -0.3 is 0 Å². The van der Waals surface area contributed by atoms with Crippen LogP contribution in [-0.4, -0.2) is 10.8 Å². The van der Waals surface area contributed by atoms with E-state index >= 15 is 0 Å². The highest BCUT2D eigenvalue weighted by molar-refractivity contribution is 6.30. The van der Waals surface area contributed by atoms with Crippen LogP contribution in [0.25, 0.3) is 10.9 Å². The van der Waals surface area contributed by atoms with E-state index in [1.165, 1.54) is 11.6 Å². The monoisotopic (exact) mass is 435 g/mol. The molecule has 1 aromatic heterocycles. The first-order chi connectivity index (χ1) is 15.0. The molecule has 0 N–H and O–H groups in total. The van der Waals surface area contributed by atoms with Gasteiger partial charge in [0.05, 0.1) is 5.52 Å². The lowest BCUT2D eigenvalue weighted by Crippen LogP contribution is -2.23. The lowest BCUT2D eigenvalue weighted by Gasteiger charge is -2.34. The number of aromatic nitrogens is 1. The molecular weight excluding hydrogens is 409 g/mol. The maximum absolute atomic E-state index is 13.8. The van der Waals surface area contributed by atoms with Gasteiger partial charge in [-0.1, -0.05) is 17.7 Å². The third kappa shape index (κ3) is 5.04. The van der Waals surface area contributed by atoms with Crippen LogP contribution >= 0.6 is 11.6 Å². The van der Waals surface area contributed by atoms with E-state index in [0.29, 0.717) is 29.2 Å². The molecule has 1 heterocycles. The molecule has 0 radical (unpaired) electrons. The first-order valence-corrected chi connectivity index (χ1v) is 11.4. The molecule has 0 bridgehead atoms. The van der Waals surface area contributed by atoms with Gasteiger partial charge in [-0.05, 0) is 104 Å². The van der Waals surface area contributed by atoms with Crippen LogP contribution in [-0.2, 0) is 0 Å². The Morgan fingerprint density at radius 3 is 2.58 bits per heavy atom. The van der Waals surface area contributed by atoms with Crippen LogP contribution in [0.5, 0.6) is 0 Å². The van der Waals surface area contributed by atoms with E-state index < -0.39 is 0 Å². The Kier molecular flexibility index (Phi) is 6.82. The number of halogens is 2. The summed E-state index contributed by atoms with van der Waals surface area (Å²) in [6, 6.07) is 14.0. The first kappa shape index (κ1) is 21.7. The van der Waals surface area contributed by atoms with Crippen molar-refractivity contribution in [1.29, 1.82) is 0 Å². The molecule has 0 aliphatic heterocycles. The Morgan fingerprint density at radius 2 is 1.87 bits per heavy atom. The van der Waals surface area contributed by atoms with Gasteiger partial charge in [0.2, 0.25) is 0 Å². The van der Waals surface area contributed by atoms with Crippen LogP contribution in [0.4, 0.5) is 4.39 Å². The van der Waals surface area contributed by atoms with Crippen molar-refractivity contribution in [2.75, 3.05) is 0 Å². The van der Waals surface area contributed by atoms with Crippen molar-refractivity contribution < 1.29 is 9.18 Å². The second kappa shape index (κ2) is 9.74. The number of benzene rings is 2. The fourth-order valence-corrected chi connectivity index (χ4v) is 5.17. The van der Waals surface area contributed by atoms with Gasteiger partial charge in [-0.25, -0.2) is 4.39 Å². The molecule has 2 nitrogen and oxygen atoms in total. The maximum atomic E-state index is 13.8. The fourth-order valence-electron chi connectivity index (χ4n) is 5.05. The smallest absolute Gasteiger partial charge is 0.163 e. The molecule has 31 heavy (non-hydrogen) atoms. The summed E-state index contributed by atoms with van der Waals surface area (Å²) >= 11 is 5.95. The highest BCUT2D eigenvalue weighted by Gasteiger charge is 2.30. The Labute approximate surface area is 188 Å². The van der Waals surface area contributed by atoms with Crippen LogP contribution in [0.2, 0.25) is 5.02 Å². The summed E-state index contributed by atoms with van der Waals surface area (Å²) in [7, 11) is 0. The van der Waals surface area contributed by atoms with Gasteiger partial charge in [-0.15, -0.1) is 6.58 Å². The molecule has 1 fully saturated rings. The van der Waals surface area contributed by atoms with Gasteiger partial charge in [0.15, 0.2) is 5.78 Å². The van der Waals surface area contributed by atoms with E-state index in [0.717, 1.165) is 48.6 Å². The Morgan fingerprint density at radius 1 is 1.13 bits per heavy atom. The standard InChI is InChI=1S/C27H27ClFNO/c1-2-3-21(16-27(31)20-8-10-22(28)11-9-20)18-4-6-19(7-5-18)24-14-15-30-26-13-12-23(29)17-25(24)26/h2,8-15,17-19,21H,1,3-7,16H2/t18?,19?,21-/m0/s1. The molecule has 4 rings (SSSR count). The topological polar surface area (TPSA) is 30.0 Å². The third-order valence-electron chi connectivity index (χ3n) is 6.70. The van der Waals surface area contributed by atoms with E-state index in [-0.39, 0.29) is 11.6 Å². The Bertz CT molecular complexity index is 1070. The molecule has 2 aromatic carbocycles. The number of Topliss-reactive ketones (excluding diaryl/α,β-unsaturated/α-hetero) is 1. The minimum absolute atomic E-state index is 0.168. The van der Waals surface area contributed by atoms with Gasteiger partial charge in [0.25, 0.3) is 0 Å². The molecule has 0 spiro atoms. The zero-order chi connectivity index (χ0) is 21.8. The number of rotatable bonds is 7. The summed E-state index contributed by atoms with van der Waals surface area (Å²) < 4.78 is 13.8. The van der Waals surface area contributed by atoms with Crippen LogP contribution in [0, 0.1) is 17.7 Å². The molecule has 0 amide bonds. The Balaban J connectivity index is 1.45. The molecule has 1 aliphatic carbocycles. The van der Waals surface area contributed by atoms with Crippen molar-refractivity contribution in [1.82, 2.24) is 4.98 Å². The fraction of sp³-hybridized carbons (Fsp3) is 0.333. The molecule has 1 atom stereocenters. The highest BCUT2D eigenvalue weighted by atomic mass is 35.5. The van der Waals surface area contributed by atoms with Gasteiger partial charge >= 0.3 is 0 Å². The van der Waals surface area contributed by atoms with Crippen LogP contribution < -0.4 is 0 Å². The average molecular weight is 436 g/mol. The highest BCUT2D eigenvalue weighted by Crippen LogP contribution is 2.42. The number of pyridine rings is 1. The van der Waals surface area contributed by atoms with Gasteiger partial charge in [-0.2, -0.15) is 0 Å². The molecule has 0 saturated heterocycles. The predicted molar refractivity (Wildman–Crippen MR) is 125 cm³/mol. The zero-order valence-electron chi connectivity index (χ0n) is 17.6. The Hall–Kier alpha value is -2.52. The van der Waals surface area contributed by atoms with E-state index in [1.54, 1.807) is 36.4 Å². The molecule has 1 saturated carbocycles. The average Bonchev–Trinajstić information content (AvgIpc) is 2.79. The molecular formula is C27H27ClFNO. The van der Waals surface area contributed by atoms with Crippen molar-refractivity contribution in [3.63, 3.8) is 0 Å². The minimum Gasteiger partial charge on any atom is -0.294 e. The van der Waals surface area contributed by atoms with Crippen LogP contribution in [0.3, 0.4) is 0 Å². The van der Waals surface area contributed by atoms with Gasteiger partial charge in [0, 0.05) is 28.6 Å². The molecule has 0 unspecified atom stereocenters. The molecule has 3 aromatic rings. The number of ketones is 1. The number of fused-ring (bicyclic) bond motifs is 1. The lowest BCUT2D eigenvalue weighted by atomic mass is 9.71. The number of carbonyl (C=O) groups is 1. The number of hydrogen-bond acceptors (Lipinski definition) is 2. The maximum Gasteiger partial charge on any atom is 0.163 e. The van der Waals surface area contributed by atoms with Crippen molar-refractivity contribution in [2.24, 2.45) is 11.8 Å². The molecule has 160 valence electrons. The molecule has 1 aliphatic rings. The second-order valence-corrected chi connectivity index (χ2v) is 9.03. The normalized spacial score (nSPS) is 19.8. The summed E-state index contributed by atoms with van der Waals surface area (Å²) in [5.41, 5.74) is 2.76. The van der Waals surface area contributed by atoms with Gasteiger partial charge in [-0.3, -0.25) is 9.78 Å². The largest absolute Gasteiger partial charge is 0.294 e. The van der Waals surface area contributed by atoms with Crippen molar-refractivity contribution in [2.45, 2.75) is 44.4 Å². The minimum atomic E-state index is -0.220. The number of carbonyl (C=O) groups excluding carboxylic acids is 1. The SMILES string of the molecule is C=CC[C@@H](CC(=O)c1ccc(Cl)cc1)C1CCC(c2ccnc3ccc(F)cc23)CC1. The predicted octanol–water partition coefficient (Wildman–Crippen LogP) is 7.77. The summed E-state index contributed by atoms with van der Waals surface area (Å²) in [4.78, 5) is 17.2. The summed E-state index contributed by atoms with van der Waals surface area (Å²) in [6.07, 6.45) is 9.36. The van der Waals surface area contributed by atoms with Crippen molar-refractivity contribution >= 4 is 28.3 Å². The second-order valence-electron chi connectivity index (χ2n) is 8.59. The van der Waals surface area contributed by atoms with Crippen LogP contribution in [0.15, 0.2) is 67.4 Å². The van der Waals surface area contributed by atoms with Crippen molar-refractivity contribution in [3.8, 4) is 0 Å². The van der Waals surface area contributed by atoms with E-state index in [1.807, 2.05) is 18.3 Å². The first-order valence-electron chi connectivity index (χ1n) is 11.0. The number of allylic oxidation sites excluding steroid dienone is 1. The summed E-state index contributed by atoms with van der Waals surface area (Å²) in [5, 5.41) is 1.56. The molecule has 4 heteroatoms. The summed E-state index contributed by atoms with van der Waals surface area (Å²) in [5.74, 6) is 1.15. The quantitative estimate of drug-likeness (QED) is 0.280. The third-order valence-corrected chi connectivity index (χ3v) is 6.95. The van der Waals surface area contributed by atoms with E-state index in [9.17, 15) is 9.18 Å². The summed E-state index contributed by atoms with van der Waals surface area (Å²) in [6.45, 7) is 3.92. The van der Waals surface area contributed by atoms with E-state index in [2.05, 4.69) is 11.6 Å². The zero-order valence-corrected chi connectivity index (χ0v) is 18.3. The van der Waals surface area contributed by atoms with Crippen molar-refractivity contribution in [3.05, 3.63) is 89.3 Å². The van der Waals surface area contributed by atoms with E-state index in [4.69, 9.17) is 11.6 Å².